The first kappa shape index (κ1) is 13.4. The molecule has 0 fully saturated rings. The van der Waals surface area contributed by atoms with Crippen molar-refractivity contribution >= 4 is 22.3 Å². The van der Waals surface area contributed by atoms with Crippen LogP contribution in [-0.2, 0) is 21.5 Å². The Hall–Kier alpha value is -1.70. The van der Waals surface area contributed by atoms with Crippen molar-refractivity contribution in [3.05, 3.63) is 41.5 Å². The first-order valence-corrected chi connectivity index (χ1v) is 6.19. The maximum Gasteiger partial charge on any atom is 0.328 e. The Balaban J connectivity index is 2.76. The molecule has 1 aromatic carbocycles. The minimum absolute atomic E-state index is 0.0631. The fourth-order valence-electron chi connectivity index (χ4n) is 1.16. The highest BCUT2D eigenvalue weighted by Gasteiger charge is 2.01. The fourth-order valence-corrected chi connectivity index (χ4v) is 1.53. The molecule has 0 bridgehead atoms. The third-order valence-corrected chi connectivity index (χ3v) is 2.39. The number of nitrogens with one attached hydrogen (secondary N) is 1. The molecule has 0 aliphatic rings. The van der Waals surface area contributed by atoms with Crippen LogP contribution in [-0.4, -0.2) is 19.5 Å². The van der Waals surface area contributed by atoms with E-state index in [2.05, 4.69) is 4.72 Å². The van der Waals surface area contributed by atoms with Crippen LogP contribution in [0.15, 0.2) is 30.3 Å². The van der Waals surface area contributed by atoms with Gasteiger partial charge in [0.2, 0.25) is 0 Å². The van der Waals surface area contributed by atoms with E-state index in [1.54, 1.807) is 24.3 Å². The molecule has 0 heterocycles. The third-order valence-electron chi connectivity index (χ3n) is 1.85. The van der Waals surface area contributed by atoms with E-state index in [4.69, 9.17) is 10.2 Å². The Bertz CT molecular complexity index is 537. The van der Waals surface area contributed by atoms with Gasteiger partial charge in [-0.3, -0.25) is 0 Å². The molecule has 0 amide bonds. The molecule has 0 aliphatic carbocycles. The molecule has 0 atom stereocenters. The monoisotopic (exact) mass is 256 g/mol. The zero-order chi connectivity index (χ0) is 12.9. The quantitative estimate of drug-likeness (QED) is 0.648. The second kappa shape index (κ2) is 5.58. The summed E-state index contributed by atoms with van der Waals surface area (Å²) in [5.74, 6) is -1.04. The van der Waals surface area contributed by atoms with Gasteiger partial charge in [-0.05, 0) is 17.2 Å². The summed E-state index contributed by atoms with van der Waals surface area (Å²) in [6.45, 7) is 0.0631. The molecule has 17 heavy (non-hydrogen) atoms. The predicted octanol–water partition coefficient (Wildman–Crippen LogP) is 0.0775. The number of hydrogen-bond donors (Lipinski definition) is 3. The second-order valence-corrected chi connectivity index (χ2v) is 4.66. The van der Waals surface area contributed by atoms with Gasteiger partial charge in [0.15, 0.2) is 0 Å². The highest BCUT2D eigenvalue weighted by atomic mass is 32.2. The topological polar surface area (TPSA) is 109 Å². The van der Waals surface area contributed by atoms with Crippen LogP contribution in [0.2, 0.25) is 0 Å². The number of nitrogens with two attached hydrogens (primary N) is 1. The molecule has 0 aromatic heterocycles. The summed E-state index contributed by atoms with van der Waals surface area (Å²) in [6, 6.07) is 6.77. The van der Waals surface area contributed by atoms with E-state index in [-0.39, 0.29) is 6.54 Å². The number of carboxylic acid groups (broad SMARTS) is 1. The van der Waals surface area contributed by atoms with E-state index >= 15 is 0 Å². The van der Waals surface area contributed by atoms with Gasteiger partial charge < -0.3 is 5.11 Å². The zero-order valence-corrected chi connectivity index (χ0v) is 9.65. The van der Waals surface area contributed by atoms with E-state index in [0.29, 0.717) is 11.1 Å². The van der Waals surface area contributed by atoms with Gasteiger partial charge in [0.1, 0.15) is 0 Å². The van der Waals surface area contributed by atoms with Crippen molar-refractivity contribution in [3.8, 4) is 0 Å². The zero-order valence-electron chi connectivity index (χ0n) is 8.83. The summed E-state index contributed by atoms with van der Waals surface area (Å²) in [5.41, 5.74) is 1.35. The van der Waals surface area contributed by atoms with E-state index in [9.17, 15) is 13.2 Å². The van der Waals surface area contributed by atoms with Gasteiger partial charge in [-0.1, -0.05) is 24.3 Å². The normalized spacial score (nSPS) is 11.8. The summed E-state index contributed by atoms with van der Waals surface area (Å²) in [4.78, 5) is 10.3. The summed E-state index contributed by atoms with van der Waals surface area (Å²) in [6.07, 6.45) is 2.43. The molecule has 0 saturated heterocycles. The van der Waals surface area contributed by atoms with Crippen molar-refractivity contribution in [1.29, 1.82) is 0 Å². The van der Waals surface area contributed by atoms with Crippen LogP contribution in [0.5, 0.6) is 0 Å². The van der Waals surface area contributed by atoms with Crippen LogP contribution in [0.3, 0.4) is 0 Å². The molecule has 1 aromatic rings. The van der Waals surface area contributed by atoms with Crippen LogP contribution in [0.4, 0.5) is 0 Å². The van der Waals surface area contributed by atoms with Gasteiger partial charge in [0.25, 0.3) is 10.2 Å². The Morgan fingerprint density at radius 2 is 2.18 bits per heavy atom. The average molecular weight is 256 g/mol. The van der Waals surface area contributed by atoms with Crippen molar-refractivity contribution in [3.63, 3.8) is 0 Å². The third kappa shape index (κ3) is 5.81. The number of carboxylic acids is 1. The van der Waals surface area contributed by atoms with Crippen LogP contribution >= 0.6 is 0 Å². The number of hydrogen-bond acceptors (Lipinski definition) is 3. The molecule has 6 nitrogen and oxygen atoms in total. The van der Waals surface area contributed by atoms with Crippen molar-refractivity contribution < 1.29 is 18.3 Å². The highest BCUT2D eigenvalue weighted by molar-refractivity contribution is 7.87. The van der Waals surface area contributed by atoms with Crippen molar-refractivity contribution in [2.75, 3.05) is 0 Å². The van der Waals surface area contributed by atoms with Gasteiger partial charge in [-0.15, -0.1) is 0 Å². The molecule has 4 N–H and O–H groups in total. The smallest absolute Gasteiger partial charge is 0.328 e. The Labute approximate surface area is 98.9 Å². The lowest BCUT2D eigenvalue weighted by molar-refractivity contribution is -0.131. The summed E-state index contributed by atoms with van der Waals surface area (Å²) < 4.78 is 23.5. The molecular formula is C10H12N2O4S. The van der Waals surface area contributed by atoms with E-state index in [1.165, 1.54) is 6.08 Å². The predicted molar refractivity (Wildman–Crippen MR) is 63.1 cm³/mol. The van der Waals surface area contributed by atoms with Crippen molar-refractivity contribution in [2.24, 2.45) is 5.14 Å². The molecule has 0 radical (unpaired) electrons. The maximum absolute atomic E-state index is 10.7. The standard InChI is InChI=1S/C10H12N2O4S/c11-17(15,16)12-7-9-3-1-2-8(6-9)4-5-10(13)14/h1-6,12H,7H2,(H,13,14)(H2,11,15,16)/b5-4+. The lowest BCUT2D eigenvalue weighted by Crippen LogP contribution is -2.30. The average Bonchev–Trinajstić information content (AvgIpc) is 2.23. The van der Waals surface area contributed by atoms with Crippen LogP contribution in [0.25, 0.3) is 6.08 Å². The number of carbonyl (C=O) groups is 1. The van der Waals surface area contributed by atoms with Gasteiger partial charge >= 0.3 is 5.97 Å². The lowest BCUT2D eigenvalue weighted by Gasteiger charge is -2.03. The summed E-state index contributed by atoms with van der Waals surface area (Å²) in [7, 11) is -3.72. The molecule has 0 saturated carbocycles. The van der Waals surface area contributed by atoms with Crippen LogP contribution < -0.4 is 9.86 Å². The number of aliphatic carboxylic acids is 1. The Morgan fingerprint density at radius 3 is 2.76 bits per heavy atom. The SMILES string of the molecule is NS(=O)(=O)NCc1cccc(/C=C/C(=O)O)c1. The van der Waals surface area contributed by atoms with E-state index in [1.807, 2.05) is 0 Å². The maximum atomic E-state index is 10.7. The molecule has 0 aliphatic heterocycles. The van der Waals surface area contributed by atoms with Crippen molar-refractivity contribution in [2.45, 2.75) is 6.54 Å². The fraction of sp³-hybridized carbons (Fsp3) is 0.100. The van der Waals surface area contributed by atoms with E-state index in [0.717, 1.165) is 6.08 Å². The largest absolute Gasteiger partial charge is 0.478 e. The van der Waals surface area contributed by atoms with Gasteiger partial charge in [-0.2, -0.15) is 13.1 Å². The molecule has 0 spiro atoms. The van der Waals surface area contributed by atoms with Gasteiger partial charge in [0.05, 0.1) is 0 Å². The first-order chi connectivity index (χ1) is 7.87. The highest BCUT2D eigenvalue weighted by Crippen LogP contribution is 2.07. The van der Waals surface area contributed by atoms with Crippen LogP contribution in [0.1, 0.15) is 11.1 Å². The summed E-state index contributed by atoms with van der Waals surface area (Å²) >= 11 is 0. The molecule has 0 unspecified atom stereocenters. The number of benzene rings is 1. The second-order valence-electron chi connectivity index (χ2n) is 3.28. The van der Waals surface area contributed by atoms with Gasteiger partial charge in [0, 0.05) is 12.6 Å². The minimum Gasteiger partial charge on any atom is -0.478 e. The lowest BCUT2D eigenvalue weighted by atomic mass is 10.1. The Kier molecular flexibility index (Phi) is 4.38. The minimum atomic E-state index is -3.72. The molecular weight excluding hydrogens is 244 g/mol. The van der Waals surface area contributed by atoms with Crippen LogP contribution in [0, 0.1) is 0 Å². The first-order valence-electron chi connectivity index (χ1n) is 4.64. The molecule has 1 rings (SSSR count). The van der Waals surface area contributed by atoms with Gasteiger partial charge in [-0.25, -0.2) is 9.93 Å². The molecule has 7 heteroatoms. The Morgan fingerprint density at radius 1 is 1.47 bits per heavy atom. The molecule has 92 valence electrons. The van der Waals surface area contributed by atoms with E-state index < -0.39 is 16.2 Å². The number of rotatable bonds is 5. The summed E-state index contributed by atoms with van der Waals surface area (Å²) in [5, 5.41) is 13.2. The van der Waals surface area contributed by atoms with Crippen molar-refractivity contribution in [1.82, 2.24) is 4.72 Å².